The molecule has 0 fully saturated rings. The fourth-order valence-corrected chi connectivity index (χ4v) is 3.57. The van der Waals surface area contributed by atoms with E-state index in [9.17, 15) is 14.7 Å². The molecule has 1 aromatic carbocycles. The number of carboxylic acid groups (broad SMARTS) is 1. The summed E-state index contributed by atoms with van der Waals surface area (Å²) in [7, 11) is 0. The van der Waals surface area contributed by atoms with Crippen molar-refractivity contribution in [2.24, 2.45) is 0 Å². The van der Waals surface area contributed by atoms with Crippen molar-refractivity contribution in [2.45, 2.75) is 12.3 Å². The molecule has 0 saturated carbocycles. The molecule has 2 N–H and O–H groups in total. The number of nitrogens with one attached hydrogen (secondary N) is 1. The lowest BCUT2D eigenvalue weighted by atomic mass is 9.89. The van der Waals surface area contributed by atoms with Crippen LogP contribution >= 0.6 is 11.6 Å². The molecule has 0 radical (unpaired) electrons. The van der Waals surface area contributed by atoms with Gasteiger partial charge < -0.3 is 15.0 Å². The second kappa shape index (κ2) is 6.31. The van der Waals surface area contributed by atoms with E-state index >= 15 is 0 Å². The van der Waals surface area contributed by atoms with Crippen molar-refractivity contribution in [3.05, 3.63) is 76.8 Å². The lowest BCUT2D eigenvalue weighted by Gasteiger charge is -2.26. The molecule has 3 aromatic rings. The number of carboxylic acids is 1. The van der Waals surface area contributed by atoms with E-state index in [0.29, 0.717) is 22.1 Å². The number of aromatic nitrogens is 2. The Morgan fingerprint density at radius 2 is 1.96 bits per heavy atom. The highest BCUT2D eigenvalue weighted by atomic mass is 35.5. The summed E-state index contributed by atoms with van der Waals surface area (Å²) in [4.78, 5) is 28.0. The number of pyridine rings is 1. The first-order chi connectivity index (χ1) is 12.6. The van der Waals surface area contributed by atoms with E-state index in [-0.39, 0.29) is 23.8 Å². The van der Waals surface area contributed by atoms with Crippen molar-refractivity contribution >= 4 is 29.2 Å². The van der Waals surface area contributed by atoms with Gasteiger partial charge in [-0.2, -0.15) is 0 Å². The van der Waals surface area contributed by atoms with Gasteiger partial charge in [-0.1, -0.05) is 23.7 Å². The lowest BCUT2D eigenvalue weighted by molar-refractivity contribution is -0.116. The zero-order valence-corrected chi connectivity index (χ0v) is 14.3. The average molecular weight is 368 g/mol. The van der Waals surface area contributed by atoms with Crippen molar-refractivity contribution < 1.29 is 14.7 Å². The summed E-state index contributed by atoms with van der Waals surface area (Å²) in [6.07, 6.45) is 5.03. The minimum atomic E-state index is -1.11. The molecule has 1 aliphatic rings. The number of rotatable bonds is 3. The second-order valence-corrected chi connectivity index (χ2v) is 6.42. The third-order valence-corrected chi connectivity index (χ3v) is 4.80. The van der Waals surface area contributed by atoms with Gasteiger partial charge in [0.25, 0.3) is 0 Å². The number of hydrogen-bond acceptors (Lipinski definition) is 3. The van der Waals surface area contributed by atoms with Crippen LogP contribution in [0.3, 0.4) is 0 Å². The predicted molar refractivity (Wildman–Crippen MR) is 97.1 cm³/mol. The smallest absolute Gasteiger partial charge is 0.339 e. The first-order valence-electron chi connectivity index (χ1n) is 7.99. The normalized spacial score (nSPS) is 16.0. The van der Waals surface area contributed by atoms with Crippen LogP contribution in [0, 0.1) is 0 Å². The Labute approximate surface area is 154 Å². The van der Waals surface area contributed by atoms with Crippen LogP contribution in [0.1, 0.15) is 34.0 Å². The van der Waals surface area contributed by atoms with Crippen LogP contribution in [-0.4, -0.2) is 26.5 Å². The Kier molecular flexibility index (Phi) is 3.97. The van der Waals surface area contributed by atoms with Crippen LogP contribution in [0.15, 0.2) is 55.0 Å². The van der Waals surface area contributed by atoms with Crippen LogP contribution < -0.4 is 5.32 Å². The van der Waals surface area contributed by atoms with Gasteiger partial charge in [-0.3, -0.25) is 9.78 Å². The fourth-order valence-electron chi connectivity index (χ4n) is 3.35. The number of anilines is 1. The maximum Gasteiger partial charge on any atom is 0.339 e. The molecule has 26 heavy (non-hydrogen) atoms. The minimum absolute atomic E-state index is 0.0343. The Hall–Kier alpha value is -3.12. The number of carbonyl (C=O) groups excluding carboxylic acids is 1. The molecule has 3 heterocycles. The number of aromatic carboxylic acids is 1. The molecule has 6 nitrogen and oxygen atoms in total. The summed E-state index contributed by atoms with van der Waals surface area (Å²) < 4.78 is 1.76. The van der Waals surface area contributed by atoms with E-state index < -0.39 is 5.97 Å². The molecule has 0 bridgehead atoms. The molecule has 0 saturated heterocycles. The number of benzene rings is 1. The Bertz CT molecular complexity index is 1010. The van der Waals surface area contributed by atoms with Crippen LogP contribution in [-0.2, 0) is 4.79 Å². The molecule has 2 aromatic heterocycles. The summed E-state index contributed by atoms with van der Waals surface area (Å²) >= 11 is 6.35. The quantitative estimate of drug-likeness (QED) is 0.739. The van der Waals surface area contributed by atoms with Gasteiger partial charge in [-0.15, -0.1) is 0 Å². The number of halogens is 1. The molecule has 0 unspecified atom stereocenters. The third kappa shape index (κ3) is 2.64. The van der Waals surface area contributed by atoms with Crippen LogP contribution in [0.5, 0.6) is 0 Å². The van der Waals surface area contributed by atoms with Crippen LogP contribution in [0.4, 0.5) is 5.69 Å². The van der Waals surface area contributed by atoms with Gasteiger partial charge in [0, 0.05) is 30.9 Å². The van der Waals surface area contributed by atoms with E-state index in [1.807, 2.05) is 30.3 Å². The van der Waals surface area contributed by atoms with Gasteiger partial charge >= 0.3 is 5.97 Å². The molecule has 1 amide bonds. The van der Waals surface area contributed by atoms with Crippen LogP contribution in [0.2, 0.25) is 5.02 Å². The van der Waals surface area contributed by atoms with E-state index in [2.05, 4.69) is 10.3 Å². The molecular formula is C19H14ClN3O3. The third-order valence-electron chi connectivity index (χ3n) is 4.48. The maximum absolute atomic E-state index is 12.2. The molecule has 1 atom stereocenters. The van der Waals surface area contributed by atoms with Gasteiger partial charge in [-0.25, -0.2) is 4.79 Å². The molecule has 0 spiro atoms. The first-order valence-corrected chi connectivity index (χ1v) is 8.37. The van der Waals surface area contributed by atoms with Crippen LogP contribution in [0.25, 0.3) is 5.69 Å². The number of carbonyl (C=O) groups is 2. The highest BCUT2D eigenvalue weighted by molar-refractivity contribution is 6.32. The Balaban J connectivity index is 2.01. The zero-order chi connectivity index (χ0) is 18.3. The van der Waals surface area contributed by atoms with E-state index in [1.54, 1.807) is 23.0 Å². The molecule has 1 aliphatic heterocycles. The number of amides is 1. The van der Waals surface area contributed by atoms with Gasteiger partial charge in [0.15, 0.2) is 0 Å². The number of fused-ring (bicyclic) bond motifs is 1. The van der Waals surface area contributed by atoms with Gasteiger partial charge in [0.2, 0.25) is 5.91 Å². The largest absolute Gasteiger partial charge is 0.478 e. The van der Waals surface area contributed by atoms with Crippen molar-refractivity contribution in [1.29, 1.82) is 0 Å². The van der Waals surface area contributed by atoms with Crippen molar-refractivity contribution in [3.8, 4) is 5.69 Å². The fraction of sp³-hybridized carbons (Fsp3) is 0.105. The molecule has 130 valence electrons. The second-order valence-electron chi connectivity index (χ2n) is 6.02. The summed E-state index contributed by atoms with van der Waals surface area (Å²) in [5.41, 5.74) is 2.59. The predicted octanol–water partition coefficient (Wildman–Crippen LogP) is 3.70. The molecular weight excluding hydrogens is 354 g/mol. The highest BCUT2D eigenvalue weighted by Crippen LogP contribution is 2.42. The SMILES string of the molecule is O=C1C[C@H](c2ccncc2)c2c(c(C(=O)O)cn2-c2ccccc2Cl)N1. The number of hydrogen-bond donors (Lipinski definition) is 2. The van der Waals surface area contributed by atoms with E-state index in [1.165, 1.54) is 6.20 Å². The van der Waals surface area contributed by atoms with E-state index in [4.69, 9.17) is 11.6 Å². The summed E-state index contributed by atoms with van der Waals surface area (Å²) in [6, 6.07) is 10.9. The van der Waals surface area contributed by atoms with Crippen molar-refractivity contribution in [1.82, 2.24) is 9.55 Å². The standard InChI is InChI=1S/C19H14ClN3O3/c20-14-3-1-2-4-15(14)23-10-13(19(25)26)17-18(23)12(9-16(24)22-17)11-5-7-21-8-6-11/h1-8,10,12H,9H2,(H,22,24)(H,25,26)/t12-/m1/s1. The minimum Gasteiger partial charge on any atom is -0.478 e. The number of nitrogens with zero attached hydrogens (tertiary/aromatic N) is 2. The topological polar surface area (TPSA) is 84.2 Å². The first kappa shape index (κ1) is 16.4. The Morgan fingerprint density at radius 3 is 2.65 bits per heavy atom. The van der Waals surface area contributed by atoms with Gasteiger partial charge in [0.05, 0.1) is 22.1 Å². The van der Waals surface area contributed by atoms with Crippen molar-refractivity contribution in [2.75, 3.05) is 5.32 Å². The maximum atomic E-state index is 12.2. The summed E-state index contributed by atoms with van der Waals surface area (Å²) in [6.45, 7) is 0. The highest BCUT2D eigenvalue weighted by Gasteiger charge is 2.34. The molecule has 0 aliphatic carbocycles. The van der Waals surface area contributed by atoms with Gasteiger partial charge in [-0.05, 0) is 29.8 Å². The lowest BCUT2D eigenvalue weighted by Crippen LogP contribution is -2.25. The summed E-state index contributed by atoms with van der Waals surface area (Å²) in [5, 5.41) is 12.8. The molecule has 7 heteroatoms. The average Bonchev–Trinajstić information content (AvgIpc) is 3.01. The monoisotopic (exact) mass is 367 g/mol. The number of para-hydroxylation sites is 1. The van der Waals surface area contributed by atoms with Crippen molar-refractivity contribution in [3.63, 3.8) is 0 Å². The van der Waals surface area contributed by atoms with E-state index in [0.717, 1.165) is 5.56 Å². The summed E-state index contributed by atoms with van der Waals surface area (Å²) in [5.74, 6) is -1.63. The Morgan fingerprint density at radius 1 is 1.23 bits per heavy atom. The zero-order valence-electron chi connectivity index (χ0n) is 13.5. The molecule has 4 rings (SSSR count). The van der Waals surface area contributed by atoms with Gasteiger partial charge in [0.1, 0.15) is 5.56 Å².